The molecule has 0 fully saturated rings. The maximum Gasteiger partial charge on any atom is 0.176 e. The van der Waals surface area contributed by atoms with Crippen molar-refractivity contribution < 1.29 is 9.89 Å². The first-order valence-electron chi connectivity index (χ1n) is 5.82. The Balaban J connectivity index is 3.41. The summed E-state index contributed by atoms with van der Waals surface area (Å²) in [6.45, 7) is 3.83. The highest BCUT2D eigenvalue weighted by Crippen LogP contribution is 2.20. The minimum absolute atomic E-state index is 0.777. The van der Waals surface area contributed by atoms with Gasteiger partial charge in [0.15, 0.2) is 6.21 Å². The highest BCUT2D eigenvalue weighted by Gasteiger charge is 2.14. The van der Waals surface area contributed by atoms with Crippen LogP contribution in [0.1, 0.15) is 11.3 Å². The number of anilines is 1. The third-order valence-corrected chi connectivity index (χ3v) is 2.34. The van der Waals surface area contributed by atoms with Gasteiger partial charge in [0.25, 0.3) is 0 Å². The number of hydrogen-bond acceptors (Lipinski definition) is 3. The molecular weight excluding hydrogens is 226 g/mol. The van der Waals surface area contributed by atoms with E-state index in [1.54, 1.807) is 12.4 Å². The molecule has 0 radical (unpaired) electrons. The number of aromatic nitrogens is 2. The Bertz CT molecular complexity index is 474. The predicted molar refractivity (Wildman–Crippen MR) is 75.4 cm³/mol. The van der Waals surface area contributed by atoms with Crippen molar-refractivity contribution in [1.29, 1.82) is 0 Å². The molecule has 1 aromatic heterocycles. The molecular formula is C13H21N5+2. The molecule has 0 atom stereocenters. The summed E-state index contributed by atoms with van der Waals surface area (Å²) in [4.78, 5) is 12.8. The van der Waals surface area contributed by atoms with Gasteiger partial charge in [0.2, 0.25) is 0 Å². The second-order valence-electron chi connectivity index (χ2n) is 4.05. The van der Waals surface area contributed by atoms with Crippen LogP contribution in [-0.4, -0.2) is 44.4 Å². The van der Waals surface area contributed by atoms with E-state index in [0.717, 1.165) is 22.6 Å². The third-order valence-electron chi connectivity index (χ3n) is 2.34. The highest BCUT2D eigenvalue weighted by atomic mass is 15.0. The van der Waals surface area contributed by atoms with Crippen molar-refractivity contribution in [3.8, 4) is 0 Å². The molecule has 3 N–H and O–H groups in total. The Morgan fingerprint density at radius 1 is 1.44 bits per heavy atom. The molecule has 0 bridgehead atoms. The van der Waals surface area contributed by atoms with Gasteiger partial charge in [-0.2, -0.15) is 0 Å². The van der Waals surface area contributed by atoms with Crippen molar-refractivity contribution in [3.05, 3.63) is 30.4 Å². The molecule has 18 heavy (non-hydrogen) atoms. The zero-order valence-electron chi connectivity index (χ0n) is 11.4. The van der Waals surface area contributed by atoms with Gasteiger partial charge in [-0.05, 0) is 0 Å². The molecule has 0 unspecified atom stereocenters. The van der Waals surface area contributed by atoms with Gasteiger partial charge in [0, 0.05) is 12.6 Å². The lowest BCUT2D eigenvalue weighted by molar-refractivity contribution is -0.800. The van der Waals surface area contributed by atoms with Gasteiger partial charge < -0.3 is 10.2 Å². The first kappa shape index (κ1) is 14.1. The second kappa shape index (κ2) is 6.66. The molecule has 1 rings (SSSR count). The summed E-state index contributed by atoms with van der Waals surface area (Å²) >= 11 is 0. The van der Waals surface area contributed by atoms with Crippen molar-refractivity contribution in [2.75, 3.05) is 33.5 Å². The average Bonchev–Trinajstić information content (AvgIpc) is 2.36. The molecule has 1 heterocycles. The SMILES string of the molecule is C=Cc1c(NC)ncnc1/C(C=[NH+]C)=C\[NH+](C)C. The number of allylic oxidation sites excluding steroid dienone is 1. The largest absolute Gasteiger partial charge is 0.373 e. The molecule has 5 nitrogen and oxygen atoms in total. The standard InChI is InChI=1S/C13H19N5/c1-6-11-12(16-9-17-13(11)15-3)10(7-14-2)8-18(4)5/h6-9H,1H2,2-5H3,(H,15,16,17)/p+2/b10-8-,14-7?. The van der Waals surface area contributed by atoms with Crippen molar-refractivity contribution in [2.24, 2.45) is 0 Å². The van der Waals surface area contributed by atoms with Crippen LogP contribution in [0, 0.1) is 0 Å². The molecule has 0 aliphatic rings. The molecule has 0 spiro atoms. The molecule has 96 valence electrons. The summed E-state index contributed by atoms with van der Waals surface area (Å²) in [7, 11) is 7.81. The number of quaternary nitrogens is 1. The van der Waals surface area contributed by atoms with E-state index in [9.17, 15) is 0 Å². The number of nitrogens with one attached hydrogen (secondary N) is 3. The van der Waals surface area contributed by atoms with Gasteiger partial charge >= 0.3 is 0 Å². The van der Waals surface area contributed by atoms with Crippen LogP contribution < -0.4 is 15.2 Å². The topological polar surface area (TPSA) is 56.2 Å². The average molecular weight is 247 g/mol. The van der Waals surface area contributed by atoms with Crippen molar-refractivity contribution in [3.63, 3.8) is 0 Å². The summed E-state index contributed by atoms with van der Waals surface area (Å²) < 4.78 is 0. The fourth-order valence-corrected chi connectivity index (χ4v) is 1.66. The van der Waals surface area contributed by atoms with Crippen molar-refractivity contribution >= 4 is 23.7 Å². The van der Waals surface area contributed by atoms with Crippen molar-refractivity contribution in [2.45, 2.75) is 0 Å². The number of rotatable bonds is 5. The van der Waals surface area contributed by atoms with Gasteiger partial charge in [-0.1, -0.05) is 12.7 Å². The maximum atomic E-state index is 4.35. The zero-order valence-corrected chi connectivity index (χ0v) is 11.4. The van der Waals surface area contributed by atoms with E-state index >= 15 is 0 Å². The Labute approximate surface area is 108 Å². The van der Waals surface area contributed by atoms with Crippen LogP contribution in [0.2, 0.25) is 0 Å². The van der Waals surface area contributed by atoms with E-state index in [-0.39, 0.29) is 0 Å². The van der Waals surface area contributed by atoms with E-state index in [0.29, 0.717) is 0 Å². The lowest BCUT2D eigenvalue weighted by Gasteiger charge is -2.09. The smallest absolute Gasteiger partial charge is 0.176 e. The monoisotopic (exact) mass is 247 g/mol. The van der Waals surface area contributed by atoms with Crippen LogP contribution in [0.5, 0.6) is 0 Å². The zero-order chi connectivity index (χ0) is 13.5. The third kappa shape index (κ3) is 3.24. The number of nitrogens with zero attached hydrogens (tertiary/aromatic N) is 2. The molecule has 0 saturated carbocycles. The fourth-order valence-electron chi connectivity index (χ4n) is 1.66. The van der Waals surface area contributed by atoms with E-state index in [1.807, 2.05) is 20.3 Å². The lowest BCUT2D eigenvalue weighted by atomic mass is 10.1. The van der Waals surface area contributed by atoms with Crippen LogP contribution >= 0.6 is 0 Å². The van der Waals surface area contributed by atoms with E-state index in [1.165, 1.54) is 4.90 Å². The lowest BCUT2D eigenvalue weighted by Crippen LogP contribution is -3.00. The van der Waals surface area contributed by atoms with E-state index in [4.69, 9.17) is 0 Å². The predicted octanol–water partition coefficient (Wildman–Crippen LogP) is -1.57. The first-order chi connectivity index (χ1) is 8.63. The van der Waals surface area contributed by atoms with Gasteiger partial charge in [0.05, 0.1) is 19.8 Å². The minimum atomic E-state index is 0.777. The Morgan fingerprint density at radius 2 is 2.17 bits per heavy atom. The Kier molecular flexibility index (Phi) is 5.20. The second-order valence-corrected chi connectivity index (χ2v) is 4.05. The van der Waals surface area contributed by atoms with Crippen LogP contribution in [-0.2, 0) is 0 Å². The Morgan fingerprint density at radius 3 is 2.67 bits per heavy atom. The van der Waals surface area contributed by atoms with Crippen molar-refractivity contribution in [1.82, 2.24) is 9.97 Å². The summed E-state index contributed by atoms with van der Waals surface area (Å²) in [6, 6.07) is 0. The van der Waals surface area contributed by atoms with Gasteiger partial charge in [-0.15, -0.1) is 0 Å². The van der Waals surface area contributed by atoms with Crippen LogP contribution in [0.15, 0.2) is 19.1 Å². The molecule has 0 aliphatic carbocycles. The quantitative estimate of drug-likeness (QED) is 0.551. The molecule has 5 heteroatoms. The van der Waals surface area contributed by atoms with Crippen LogP contribution in [0.25, 0.3) is 11.6 Å². The van der Waals surface area contributed by atoms with Crippen LogP contribution in [0.4, 0.5) is 5.82 Å². The van der Waals surface area contributed by atoms with Gasteiger partial charge in [0.1, 0.15) is 31.0 Å². The maximum absolute atomic E-state index is 4.35. The van der Waals surface area contributed by atoms with Gasteiger partial charge in [-0.3, -0.25) is 4.99 Å². The molecule has 0 aliphatic heterocycles. The summed E-state index contributed by atoms with van der Waals surface area (Å²) in [5, 5.41) is 3.05. The van der Waals surface area contributed by atoms with E-state index < -0.39 is 0 Å². The molecule has 0 aromatic carbocycles. The van der Waals surface area contributed by atoms with E-state index in [2.05, 4.69) is 47.2 Å². The highest BCUT2D eigenvalue weighted by molar-refractivity contribution is 6.07. The first-order valence-corrected chi connectivity index (χ1v) is 5.82. The van der Waals surface area contributed by atoms with Gasteiger partial charge in [-0.25, -0.2) is 9.97 Å². The molecule has 0 saturated heterocycles. The minimum Gasteiger partial charge on any atom is -0.373 e. The molecule has 1 aromatic rings. The van der Waals surface area contributed by atoms with Crippen LogP contribution in [0.3, 0.4) is 0 Å². The molecule has 0 amide bonds. The fraction of sp³-hybridized carbons (Fsp3) is 0.308. The normalized spacial score (nSPS) is 12.2. The Hall–Kier alpha value is -2.01. The summed E-state index contributed by atoms with van der Waals surface area (Å²) in [5.41, 5.74) is 2.77. The number of hydrogen-bond donors (Lipinski definition) is 3. The summed E-state index contributed by atoms with van der Waals surface area (Å²) in [5.74, 6) is 0.777. The summed E-state index contributed by atoms with van der Waals surface area (Å²) in [6.07, 6.45) is 7.31.